The molecule has 3 rings (SSSR count). The van der Waals surface area contributed by atoms with Crippen LogP contribution in [0.4, 0.5) is 0 Å². The van der Waals surface area contributed by atoms with Gasteiger partial charge in [-0.15, -0.1) is 10.2 Å². The van der Waals surface area contributed by atoms with E-state index in [1.807, 2.05) is 28.3 Å². The Morgan fingerprint density at radius 1 is 1.25 bits per heavy atom. The van der Waals surface area contributed by atoms with Crippen LogP contribution in [-0.2, 0) is 13.0 Å². The summed E-state index contributed by atoms with van der Waals surface area (Å²) in [7, 11) is 0. The number of aromatic nitrogens is 5. The smallest absolute Gasteiger partial charge is 0.186 e. The molecule has 3 aromatic rings. The molecule has 0 amide bonds. The molecule has 0 aliphatic carbocycles. The number of hydrogen-bond acceptors (Lipinski definition) is 4. The Balaban J connectivity index is 2.20. The van der Waals surface area contributed by atoms with Gasteiger partial charge in [-0.3, -0.25) is 9.08 Å². The number of fused-ring (bicyclic) bond motifs is 1. The zero-order chi connectivity index (χ0) is 14.1. The predicted molar refractivity (Wildman–Crippen MR) is 74.0 cm³/mol. The highest BCUT2D eigenvalue weighted by Gasteiger charge is 2.14. The van der Waals surface area contributed by atoms with Gasteiger partial charge in [0.15, 0.2) is 11.5 Å². The van der Waals surface area contributed by atoms with Crippen LogP contribution in [0.15, 0.2) is 24.4 Å². The predicted octanol–water partition coefficient (Wildman–Crippen LogP) is 2.05. The lowest BCUT2D eigenvalue weighted by Gasteiger charge is -2.02. The first-order valence-corrected chi connectivity index (χ1v) is 6.58. The van der Waals surface area contributed by atoms with Crippen molar-refractivity contribution in [3.63, 3.8) is 0 Å². The molecule has 6 heteroatoms. The van der Waals surface area contributed by atoms with Crippen molar-refractivity contribution in [3.8, 4) is 17.6 Å². The zero-order valence-electron chi connectivity index (χ0n) is 11.4. The number of hydrogen-bond donors (Lipinski definition) is 0. The van der Waals surface area contributed by atoms with Crippen LogP contribution in [0.5, 0.6) is 0 Å². The summed E-state index contributed by atoms with van der Waals surface area (Å²) in [5.41, 5.74) is 3.23. The van der Waals surface area contributed by atoms with Gasteiger partial charge < -0.3 is 0 Å². The first kappa shape index (κ1) is 12.4. The minimum absolute atomic E-state index is 0.578. The number of aryl methyl sites for hydroxylation is 2. The standard InChI is InChI=1S/C14H14N6/c1-3-11-8-12(20(4-2)18-11)14-17-16-13-7-10(9-15)5-6-19(13)14/h5-8H,3-4H2,1-2H3. The molecule has 0 aliphatic rings. The Morgan fingerprint density at radius 2 is 2.10 bits per heavy atom. The quantitative estimate of drug-likeness (QED) is 0.727. The van der Waals surface area contributed by atoms with Crippen molar-refractivity contribution in [2.45, 2.75) is 26.8 Å². The lowest BCUT2D eigenvalue weighted by molar-refractivity contribution is 0.651. The maximum atomic E-state index is 8.92. The molecule has 0 atom stereocenters. The number of rotatable bonds is 3. The summed E-state index contributed by atoms with van der Waals surface area (Å²) >= 11 is 0. The maximum Gasteiger partial charge on any atom is 0.186 e. The van der Waals surface area contributed by atoms with E-state index in [0.29, 0.717) is 11.2 Å². The topological polar surface area (TPSA) is 71.8 Å². The Bertz CT molecular complexity index is 805. The summed E-state index contributed by atoms with van der Waals surface area (Å²) < 4.78 is 3.80. The Hall–Kier alpha value is -2.68. The van der Waals surface area contributed by atoms with Crippen LogP contribution in [0.3, 0.4) is 0 Å². The zero-order valence-corrected chi connectivity index (χ0v) is 11.4. The van der Waals surface area contributed by atoms with E-state index in [1.54, 1.807) is 12.1 Å². The van der Waals surface area contributed by atoms with Gasteiger partial charge in [0, 0.05) is 18.8 Å². The van der Waals surface area contributed by atoms with Crippen molar-refractivity contribution < 1.29 is 0 Å². The molecular formula is C14H14N6. The van der Waals surface area contributed by atoms with Crippen LogP contribution in [0.1, 0.15) is 25.1 Å². The summed E-state index contributed by atoms with van der Waals surface area (Å²) in [5.74, 6) is 0.749. The van der Waals surface area contributed by atoms with Gasteiger partial charge in [-0.1, -0.05) is 6.92 Å². The van der Waals surface area contributed by atoms with Crippen molar-refractivity contribution in [3.05, 3.63) is 35.7 Å². The molecule has 100 valence electrons. The van der Waals surface area contributed by atoms with Crippen LogP contribution >= 0.6 is 0 Å². The highest BCUT2D eigenvalue weighted by molar-refractivity contribution is 5.57. The number of nitrogens with zero attached hydrogens (tertiary/aromatic N) is 6. The van der Waals surface area contributed by atoms with Crippen LogP contribution in [0.25, 0.3) is 17.2 Å². The summed E-state index contributed by atoms with van der Waals surface area (Å²) in [4.78, 5) is 0. The third-order valence-corrected chi connectivity index (χ3v) is 3.26. The molecular weight excluding hydrogens is 252 g/mol. The first-order chi connectivity index (χ1) is 9.76. The second-order valence-corrected chi connectivity index (χ2v) is 4.47. The van der Waals surface area contributed by atoms with Crippen LogP contribution in [0, 0.1) is 11.3 Å². The van der Waals surface area contributed by atoms with Crippen molar-refractivity contribution in [1.29, 1.82) is 5.26 Å². The lowest BCUT2D eigenvalue weighted by Crippen LogP contribution is -2.02. The second kappa shape index (κ2) is 4.78. The average molecular weight is 266 g/mol. The summed E-state index contributed by atoms with van der Waals surface area (Å²) in [6.07, 6.45) is 2.71. The SMILES string of the molecule is CCc1cc(-c2nnc3cc(C#N)ccn23)n(CC)n1. The lowest BCUT2D eigenvalue weighted by atomic mass is 10.3. The Kier molecular flexibility index (Phi) is 2.95. The first-order valence-electron chi connectivity index (χ1n) is 6.58. The molecule has 0 unspecified atom stereocenters. The van der Waals surface area contributed by atoms with Crippen molar-refractivity contribution in [1.82, 2.24) is 24.4 Å². The minimum atomic E-state index is 0.578. The fourth-order valence-electron chi connectivity index (χ4n) is 2.20. The summed E-state index contributed by atoms with van der Waals surface area (Å²) in [5, 5.41) is 21.8. The average Bonchev–Trinajstić information content (AvgIpc) is 3.09. The molecule has 0 aliphatic heterocycles. The van der Waals surface area contributed by atoms with E-state index < -0.39 is 0 Å². The summed E-state index contributed by atoms with van der Waals surface area (Å²) in [6.45, 7) is 4.90. The third-order valence-electron chi connectivity index (χ3n) is 3.26. The molecule has 20 heavy (non-hydrogen) atoms. The maximum absolute atomic E-state index is 8.92. The van der Waals surface area contributed by atoms with Crippen molar-refractivity contribution >= 4 is 5.65 Å². The highest BCUT2D eigenvalue weighted by Crippen LogP contribution is 2.20. The van der Waals surface area contributed by atoms with E-state index in [-0.39, 0.29) is 0 Å². The van der Waals surface area contributed by atoms with Crippen molar-refractivity contribution in [2.24, 2.45) is 0 Å². The number of pyridine rings is 1. The van der Waals surface area contributed by atoms with Gasteiger partial charge in [0.2, 0.25) is 0 Å². The normalized spacial score (nSPS) is 10.8. The van der Waals surface area contributed by atoms with Gasteiger partial charge in [0.1, 0.15) is 5.69 Å². The highest BCUT2D eigenvalue weighted by atomic mass is 15.3. The van der Waals surface area contributed by atoms with Crippen LogP contribution < -0.4 is 0 Å². The largest absolute Gasteiger partial charge is 0.281 e. The molecule has 0 N–H and O–H groups in total. The van der Waals surface area contributed by atoms with E-state index in [2.05, 4.69) is 28.3 Å². The van der Waals surface area contributed by atoms with E-state index in [4.69, 9.17) is 5.26 Å². The Labute approximate surface area is 116 Å². The fourth-order valence-corrected chi connectivity index (χ4v) is 2.20. The van der Waals surface area contributed by atoms with Gasteiger partial charge in [-0.05, 0) is 25.5 Å². The molecule has 0 bridgehead atoms. The Morgan fingerprint density at radius 3 is 2.80 bits per heavy atom. The minimum Gasteiger partial charge on any atom is -0.281 e. The molecule has 0 saturated heterocycles. The van der Waals surface area contributed by atoms with Gasteiger partial charge in [-0.2, -0.15) is 10.4 Å². The van der Waals surface area contributed by atoms with Crippen molar-refractivity contribution in [2.75, 3.05) is 0 Å². The van der Waals surface area contributed by atoms with E-state index in [9.17, 15) is 0 Å². The molecule has 0 saturated carbocycles. The molecule has 0 radical (unpaired) electrons. The third kappa shape index (κ3) is 1.84. The van der Waals surface area contributed by atoms with Gasteiger partial charge in [0.05, 0.1) is 17.3 Å². The molecule has 6 nitrogen and oxygen atoms in total. The van der Waals surface area contributed by atoms with E-state index in [0.717, 1.165) is 30.2 Å². The van der Waals surface area contributed by atoms with Crippen LogP contribution in [0.2, 0.25) is 0 Å². The molecule has 0 aromatic carbocycles. The van der Waals surface area contributed by atoms with E-state index >= 15 is 0 Å². The molecule has 0 fully saturated rings. The number of nitriles is 1. The fraction of sp³-hybridized carbons (Fsp3) is 0.286. The summed E-state index contributed by atoms with van der Waals surface area (Å²) in [6, 6.07) is 7.63. The van der Waals surface area contributed by atoms with Gasteiger partial charge >= 0.3 is 0 Å². The monoisotopic (exact) mass is 266 g/mol. The molecule has 0 spiro atoms. The van der Waals surface area contributed by atoms with Gasteiger partial charge in [-0.25, -0.2) is 0 Å². The molecule has 3 aromatic heterocycles. The van der Waals surface area contributed by atoms with Crippen LogP contribution in [-0.4, -0.2) is 24.4 Å². The second-order valence-electron chi connectivity index (χ2n) is 4.47. The molecule has 3 heterocycles. The van der Waals surface area contributed by atoms with Gasteiger partial charge in [0.25, 0.3) is 0 Å². The van der Waals surface area contributed by atoms with E-state index in [1.165, 1.54) is 0 Å².